The third-order valence-electron chi connectivity index (χ3n) is 3.21. The van der Waals surface area contributed by atoms with Crippen LogP contribution >= 0.6 is 11.6 Å². The van der Waals surface area contributed by atoms with Gasteiger partial charge in [-0.25, -0.2) is 4.79 Å². The summed E-state index contributed by atoms with van der Waals surface area (Å²) in [5.41, 5.74) is 0.891. The zero-order valence-electron chi connectivity index (χ0n) is 12.9. The largest absolute Gasteiger partial charge is 0.393 e. The van der Waals surface area contributed by atoms with E-state index in [9.17, 15) is 9.90 Å². The zero-order valence-corrected chi connectivity index (χ0v) is 13.7. The van der Waals surface area contributed by atoms with Crippen molar-refractivity contribution in [3.8, 4) is 0 Å². The molecular formula is C16H25ClN2O2. The number of halogens is 1. The lowest BCUT2D eigenvalue weighted by Gasteiger charge is -2.26. The van der Waals surface area contributed by atoms with Crippen LogP contribution in [-0.4, -0.2) is 30.3 Å². The minimum atomic E-state index is -0.370. The van der Waals surface area contributed by atoms with Crippen LogP contribution in [0.25, 0.3) is 0 Å². The van der Waals surface area contributed by atoms with E-state index in [2.05, 4.69) is 10.6 Å². The van der Waals surface area contributed by atoms with Crippen molar-refractivity contribution in [1.29, 1.82) is 0 Å². The number of amides is 2. The second-order valence-corrected chi connectivity index (χ2v) is 6.58. The second-order valence-electron chi connectivity index (χ2n) is 6.17. The van der Waals surface area contributed by atoms with Gasteiger partial charge < -0.3 is 15.7 Å². The molecule has 0 aliphatic heterocycles. The van der Waals surface area contributed by atoms with Crippen molar-refractivity contribution >= 4 is 17.6 Å². The minimum Gasteiger partial charge on any atom is -0.393 e. The molecule has 0 fully saturated rings. The molecule has 0 aliphatic rings. The van der Waals surface area contributed by atoms with Crippen LogP contribution in [0.4, 0.5) is 4.79 Å². The number of hydrogen-bond donors (Lipinski definition) is 3. The molecular weight excluding hydrogens is 288 g/mol. The molecule has 4 nitrogen and oxygen atoms in total. The lowest BCUT2D eigenvalue weighted by Crippen LogP contribution is -2.42. The number of benzene rings is 1. The van der Waals surface area contributed by atoms with E-state index >= 15 is 0 Å². The number of aliphatic hydroxyl groups excluding tert-OH is 1. The standard InChI is InChI=1S/C16H25ClN2O2/c1-12(20)10-16(2,3)11-19-15(21)18-9-8-13-6-4-5-7-14(13)17/h4-7,12,20H,8-11H2,1-3H3,(H2,18,19,21). The lowest BCUT2D eigenvalue weighted by atomic mass is 9.87. The first-order valence-corrected chi connectivity index (χ1v) is 7.61. The van der Waals surface area contributed by atoms with E-state index in [0.29, 0.717) is 25.9 Å². The molecule has 1 unspecified atom stereocenters. The summed E-state index contributed by atoms with van der Waals surface area (Å²) >= 11 is 6.06. The molecule has 1 aromatic rings. The van der Waals surface area contributed by atoms with Crippen molar-refractivity contribution in [2.24, 2.45) is 5.41 Å². The molecule has 118 valence electrons. The average molecular weight is 313 g/mol. The molecule has 21 heavy (non-hydrogen) atoms. The quantitative estimate of drug-likeness (QED) is 0.725. The fraction of sp³-hybridized carbons (Fsp3) is 0.562. The highest BCUT2D eigenvalue weighted by Crippen LogP contribution is 2.20. The summed E-state index contributed by atoms with van der Waals surface area (Å²) in [6.45, 7) is 6.85. The Bertz CT molecular complexity index is 461. The summed E-state index contributed by atoms with van der Waals surface area (Å²) in [6.07, 6.45) is 0.974. The van der Waals surface area contributed by atoms with Gasteiger partial charge in [0.15, 0.2) is 0 Å². The van der Waals surface area contributed by atoms with Crippen LogP contribution in [0.3, 0.4) is 0 Å². The van der Waals surface area contributed by atoms with Crippen LogP contribution in [0.2, 0.25) is 5.02 Å². The predicted octanol–water partition coefficient (Wildman–Crippen LogP) is 2.98. The molecule has 3 N–H and O–H groups in total. The van der Waals surface area contributed by atoms with Gasteiger partial charge in [0, 0.05) is 18.1 Å². The van der Waals surface area contributed by atoms with Crippen LogP contribution < -0.4 is 10.6 Å². The first-order valence-electron chi connectivity index (χ1n) is 7.23. The minimum absolute atomic E-state index is 0.131. The van der Waals surface area contributed by atoms with Gasteiger partial charge in [0.1, 0.15) is 0 Å². The van der Waals surface area contributed by atoms with Crippen molar-refractivity contribution in [2.75, 3.05) is 13.1 Å². The maximum atomic E-state index is 11.7. The van der Waals surface area contributed by atoms with E-state index < -0.39 is 0 Å². The third kappa shape index (κ3) is 7.34. The Balaban J connectivity index is 2.27. The maximum Gasteiger partial charge on any atom is 0.314 e. The molecule has 2 amide bonds. The van der Waals surface area contributed by atoms with Crippen LogP contribution in [0.5, 0.6) is 0 Å². The van der Waals surface area contributed by atoms with Crippen molar-refractivity contribution in [1.82, 2.24) is 10.6 Å². The van der Waals surface area contributed by atoms with E-state index in [1.165, 1.54) is 0 Å². The van der Waals surface area contributed by atoms with E-state index in [-0.39, 0.29) is 17.6 Å². The molecule has 0 saturated carbocycles. The van der Waals surface area contributed by atoms with E-state index in [4.69, 9.17) is 11.6 Å². The monoisotopic (exact) mass is 312 g/mol. The topological polar surface area (TPSA) is 61.4 Å². The van der Waals surface area contributed by atoms with Gasteiger partial charge >= 0.3 is 6.03 Å². The van der Waals surface area contributed by atoms with Gasteiger partial charge in [0.25, 0.3) is 0 Å². The summed E-state index contributed by atoms with van der Waals surface area (Å²) in [7, 11) is 0. The van der Waals surface area contributed by atoms with Gasteiger partial charge in [-0.15, -0.1) is 0 Å². The van der Waals surface area contributed by atoms with Crippen LogP contribution in [0.15, 0.2) is 24.3 Å². The van der Waals surface area contributed by atoms with E-state index in [1.54, 1.807) is 6.92 Å². The second kappa shape index (κ2) is 8.25. The molecule has 0 aromatic heterocycles. The van der Waals surface area contributed by atoms with Gasteiger partial charge in [0.05, 0.1) is 6.10 Å². The van der Waals surface area contributed by atoms with Gasteiger partial charge in [-0.3, -0.25) is 0 Å². The number of rotatable bonds is 7. The smallest absolute Gasteiger partial charge is 0.314 e. The molecule has 0 saturated heterocycles. The van der Waals surface area contributed by atoms with Gasteiger partial charge in [0.2, 0.25) is 0 Å². The number of aliphatic hydroxyl groups is 1. The molecule has 1 atom stereocenters. The fourth-order valence-electron chi connectivity index (χ4n) is 2.27. The van der Waals surface area contributed by atoms with E-state index in [1.807, 2.05) is 38.1 Å². The first kappa shape index (κ1) is 17.8. The average Bonchev–Trinajstić information content (AvgIpc) is 2.37. The summed E-state index contributed by atoms with van der Waals surface area (Å²) < 4.78 is 0. The van der Waals surface area contributed by atoms with Crippen LogP contribution in [-0.2, 0) is 6.42 Å². The molecule has 1 rings (SSSR count). The van der Waals surface area contributed by atoms with Crippen molar-refractivity contribution in [3.63, 3.8) is 0 Å². The Labute approximate surface area is 131 Å². The number of carbonyl (C=O) groups is 1. The first-order chi connectivity index (χ1) is 9.80. The highest BCUT2D eigenvalue weighted by atomic mass is 35.5. The lowest BCUT2D eigenvalue weighted by molar-refractivity contribution is 0.129. The number of urea groups is 1. The number of hydrogen-bond acceptors (Lipinski definition) is 2. The van der Waals surface area contributed by atoms with Gasteiger partial charge in [-0.05, 0) is 36.8 Å². The van der Waals surface area contributed by atoms with Gasteiger partial charge in [-0.1, -0.05) is 43.6 Å². The summed E-state index contributed by atoms with van der Waals surface area (Å²) in [4.78, 5) is 11.7. The number of carbonyl (C=O) groups excluding carboxylic acids is 1. The summed E-state index contributed by atoms with van der Waals surface area (Å²) in [5.74, 6) is 0. The van der Waals surface area contributed by atoms with E-state index in [0.717, 1.165) is 10.6 Å². The molecule has 0 bridgehead atoms. The Kier molecular flexibility index (Phi) is 6.99. The third-order valence-corrected chi connectivity index (χ3v) is 3.58. The molecule has 0 aliphatic carbocycles. The summed E-state index contributed by atoms with van der Waals surface area (Å²) in [5, 5.41) is 15.8. The van der Waals surface area contributed by atoms with Crippen LogP contribution in [0, 0.1) is 5.41 Å². The van der Waals surface area contributed by atoms with Gasteiger partial charge in [-0.2, -0.15) is 0 Å². The van der Waals surface area contributed by atoms with Crippen molar-refractivity contribution in [2.45, 2.75) is 39.7 Å². The maximum absolute atomic E-state index is 11.7. The normalized spacial score (nSPS) is 12.8. The predicted molar refractivity (Wildman–Crippen MR) is 86.6 cm³/mol. The molecule has 0 radical (unpaired) electrons. The van der Waals surface area contributed by atoms with Crippen molar-refractivity contribution in [3.05, 3.63) is 34.9 Å². The summed E-state index contributed by atoms with van der Waals surface area (Å²) in [6, 6.07) is 7.42. The molecule has 0 spiro atoms. The Morgan fingerprint density at radius 3 is 2.62 bits per heavy atom. The Morgan fingerprint density at radius 2 is 2.00 bits per heavy atom. The number of nitrogens with one attached hydrogen (secondary N) is 2. The fourth-order valence-corrected chi connectivity index (χ4v) is 2.50. The Hall–Kier alpha value is -1.26. The zero-order chi connectivity index (χ0) is 15.9. The SMILES string of the molecule is CC(O)CC(C)(C)CNC(=O)NCCc1ccccc1Cl. The van der Waals surface area contributed by atoms with Crippen LogP contribution in [0.1, 0.15) is 32.8 Å². The highest BCUT2D eigenvalue weighted by Gasteiger charge is 2.20. The highest BCUT2D eigenvalue weighted by molar-refractivity contribution is 6.31. The molecule has 1 aromatic carbocycles. The molecule has 0 heterocycles. The van der Waals surface area contributed by atoms with Crippen molar-refractivity contribution < 1.29 is 9.90 Å². The molecule has 5 heteroatoms. The Morgan fingerprint density at radius 1 is 1.33 bits per heavy atom.